The zero-order valence-electron chi connectivity index (χ0n) is 8.66. The number of hydrazine groups is 1. The van der Waals surface area contributed by atoms with Crippen LogP contribution in [0.3, 0.4) is 0 Å². The van der Waals surface area contributed by atoms with Gasteiger partial charge in [-0.15, -0.1) is 0 Å². The SMILES string of the molecule is C[I-]C1(C)CC(N)=C(ON(N)[O-])C=C1N. The molecule has 7 heteroatoms. The summed E-state index contributed by atoms with van der Waals surface area (Å²) in [5, 5.41) is 10.4. The van der Waals surface area contributed by atoms with Gasteiger partial charge in [0.15, 0.2) is 0 Å². The number of hydrogen-bond donors (Lipinski definition) is 3. The number of hydrogen-bond acceptors (Lipinski definition) is 6. The zero-order chi connectivity index (χ0) is 11.6. The number of rotatable bonds is 3. The van der Waals surface area contributed by atoms with E-state index >= 15 is 0 Å². The van der Waals surface area contributed by atoms with E-state index in [1.807, 2.05) is 0 Å². The van der Waals surface area contributed by atoms with Gasteiger partial charge in [0.1, 0.15) is 0 Å². The molecule has 88 valence electrons. The first-order valence-electron chi connectivity index (χ1n) is 4.26. The van der Waals surface area contributed by atoms with Gasteiger partial charge in [0.2, 0.25) is 0 Å². The van der Waals surface area contributed by atoms with Crippen LogP contribution in [-0.4, -0.2) is 13.7 Å². The molecule has 1 unspecified atom stereocenters. The molecule has 0 aromatic carbocycles. The fourth-order valence-corrected chi connectivity index (χ4v) is 2.86. The minimum absolute atomic E-state index is 0.0574. The van der Waals surface area contributed by atoms with Gasteiger partial charge in [-0.25, -0.2) is 0 Å². The molecule has 1 aliphatic rings. The Bertz CT molecular complexity index is 316. The summed E-state index contributed by atoms with van der Waals surface area (Å²) in [4.78, 5) is 6.82. The van der Waals surface area contributed by atoms with E-state index in [0.29, 0.717) is 17.8 Å². The summed E-state index contributed by atoms with van der Waals surface area (Å²) in [6.07, 6.45) is 2.20. The van der Waals surface area contributed by atoms with Gasteiger partial charge in [-0.2, -0.15) is 0 Å². The number of nitrogens with zero attached hydrogens (tertiary/aromatic N) is 1. The van der Waals surface area contributed by atoms with Crippen LogP contribution in [0.4, 0.5) is 0 Å². The van der Waals surface area contributed by atoms with E-state index in [4.69, 9.17) is 17.3 Å². The van der Waals surface area contributed by atoms with Crippen LogP contribution in [0.5, 0.6) is 0 Å². The van der Waals surface area contributed by atoms with Crippen molar-refractivity contribution in [2.75, 3.05) is 4.93 Å². The molecular formula is C8H15IN4O2-2. The molecule has 0 radical (unpaired) electrons. The maximum absolute atomic E-state index is 10.5. The van der Waals surface area contributed by atoms with Gasteiger partial charge in [-0.3, -0.25) is 0 Å². The summed E-state index contributed by atoms with van der Waals surface area (Å²) in [6, 6.07) is 0. The van der Waals surface area contributed by atoms with E-state index in [1.165, 1.54) is 0 Å². The molecule has 6 nitrogen and oxygen atoms in total. The van der Waals surface area contributed by atoms with Crippen molar-refractivity contribution >= 4 is 0 Å². The summed E-state index contributed by atoms with van der Waals surface area (Å²) >= 11 is -0.0912. The van der Waals surface area contributed by atoms with Gasteiger partial charge < -0.3 is 0 Å². The normalized spacial score (nSPS) is 27.1. The third-order valence-electron chi connectivity index (χ3n) is 2.33. The molecule has 0 amide bonds. The third-order valence-corrected chi connectivity index (χ3v) is 5.72. The number of nitrogens with two attached hydrogens (primary N) is 3. The quantitative estimate of drug-likeness (QED) is 0.215. The van der Waals surface area contributed by atoms with Crippen LogP contribution in [0.1, 0.15) is 13.3 Å². The minimum atomic E-state index is -0.129. The van der Waals surface area contributed by atoms with Crippen LogP contribution in [0, 0.1) is 5.21 Å². The standard InChI is InChI=1S/C8H15IN4O2/c1-8(9-2)4-5(10)6(3-7(8)11)15-13(12)14/h3H,4,10-12H2,1-2H3/q-2. The average molecular weight is 326 g/mol. The van der Waals surface area contributed by atoms with E-state index in [1.54, 1.807) is 6.08 Å². The second-order valence-electron chi connectivity index (χ2n) is 3.43. The zero-order valence-corrected chi connectivity index (χ0v) is 10.8. The molecule has 0 spiro atoms. The van der Waals surface area contributed by atoms with Crippen LogP contribution < -0.4 is 38.5 Å². The van der Waals surface area contributed by atoms with Crippen molar-refractivity contribution in [2.24, 2.45) is 17.3 Å². The Balaban J connectivity index is 2.92. The first-order chi connectivity index (χ1) is 6.89. The Morgan fingerprint density at radius 2 is 2.20 bits per heavy atom. The van der Waals surface area contributed by atoms with E-state index in [2.05, 4.69) is 16.7 Å². The molecule has 0 saturated carbocycles. The molecule has 15 heavy (non-hydrogen) atoms. The molecule has 6 N–H and O–H groups in total. The molecule has 0 saturated heterocycles. The van der Waals surface area contributed by atoms with Gasteiger partial charge in [0.05, 0.1) is 0 Å². The molecule has 0 bridgehead atoms. The predicted molar refractivity (Wildman–Crippen MR) is 52.9 cm³/mol. The third kappa shape index (κ3) is 2.74. The summed E-state index contributed by atoms with van der Waals surface area (Å²) in [7, 11) is 0. The molecule has 0 fully saturated rings. The Labute approximate surface area is 98.9 Å². The van der Waals surface area contributed by atoms with Crippen LogP contribution in [0.25, 0.3) is 0 Å². The first-order valence-corrected chi connectivity index (χ1v) is 7.49. The number of halogens is 1. The van der Waals surface area contributed by atoms with Crippen molar-refractivity contribution < 1.29 is 26.0 Å². The fourth-order valence-electron chi connectivity index (χ4n) is 1.29. The van der Waals surface area contributed by atoms with Crippen LogP contribution in [0.15, 0.2) is 23.2 Å². The van der Waals surface area contributed by atoms with Gasteiger partial charge in [-0.1, -0.05) is 0 Å². The van der Waals surface area contributed by atoms with E-state index in [9.17, 15) is 5.21 Å². The van der Waals surface area contributed by atoms with E-state index in [0.717, 1.165) is 0 Å². The number of alkyl halides is 2. The molecular weight excluding hydrogens is 311 g/mol. The van der Waals surface area contributed by atoms with Gasteiger partial charge in [0.25, 0.3) is 0 Å². The monoisotopic (exact) mass is 326 g/mol. The molecule has 0 aromatic rings. The molecule has 0 heterocycles. The van der Waals surface area contributed by atoms with Gasteiger partial charge >= 0.3 is 98.8 Å². The van der Waals surface area contributed by atoms with E-state index in [-0.39, 0.29) is 35.7 Å². The van der Waals surface area contributed by atoms with Crippen molar-refractivity contribution in [3.8, 4) is 0 Å². The fraction of sp³-hybridized carbons (Fsp3) is 0.500. The maximum atomic E-state index is 10.5. The molecule has 1 aliphatic carbocycles. The Kier molecular flexibility index (Phi) is 3.82. The Morgan fingerprint density at radius 1 is 1.60 bits per heavy atom. The van der Waals surface area contributed by atoms with E-state index < -0.39 is 0 Å². The van der Waals surface area contributed by atoms with Crippen molar-refractivity contribution in [3.05, 3.63) is 28.4 Å². The summed E-state index contributed by atoms with van der Waals surface area (Å²) < 4.78 is -0.0574. The second-order valence-corrected chi connectivity index (χ2v) is 6.89. The molecule has 1 rings (SSSR count). The predicted octanol–water partition coefficient (Wildman–Crippen LogP) is -3.51. The molecule has 0 aliphatic heterocycles. The van der Waals surface area contributed by atoms with Crippen LogP contribution in [-0.2, 0) is 4.84 Å². The van der Waals surface area contributed by atoms with Crippen molar-refractivity contribution in [1.29, 1.82) is 0 Å². The first kappa shape index (κ1) is 12.6. The summed E-state index contributed by atoms with van der Waals surface area (Å²) in [6.45, 7) is 2.06. The Morgan fingerprint density at radius 3 is 2.67 bits per heavy atom. The van der Waals surface area contributed by atoms with Gasteiger partial charge in [0, 0.05) is 0 Å². The summed E-state index contributed by atoms with van der Waals surface area (Å²) in [5.74, 6) is 5.08. The summed E-state index contributed by atoms with van der Waals surface area (Å²) in [5.41, 5.74) is 12.9. The topological polar surface area (TPSA) is 114 Å². The van der Waals surface area contributed by atoms with Crippen LogP contribution in [0.2, 0.25) is 0 Å². The average Bonchev–Trinajstić information content (AvgIpc) is 2.13. The van der Waals surface area contributed by atoms with Crippen molar-refractivity contribution in [1.82, 2.24) is 5.34 Å². The molecule has 1 atom stereocenters. The van der Waals surface area contributed by atoms with Crippen molar-refractivity contribution in [3.63, 3.8) is 0 Å². The number of allylic oxidation sites excluding steroid dienone is 3. The second kappa shape index (κ2) is 4.56. The van der Waals surface area contributed by atoms with Crippen molar-refractivity contribution in [2.45, 2.75) is 16.8 Å². The Hall–Kier alpha value is -0.510. The van der Waals surface area contributed by atoms with Crippen LogP contribution >= 0.6 is 0 Å². The molecule has 0 aromatic heterocycles. The van der Waals surface area contributed by atoms with Gasteiger partial charge in [-0.05, 0) is 0 Å².